The first-order valence-corrected chi connectivity index (χ1v) is 9.27. The summed E-state index contributed by atoms with van der Waals surface area (Å²) in [5.74, 6) is -0.435. The SMILES string of the molecule is Cn1nccc1CN1CCOC(c2ccc(-c3cccc(C(N)=O)c3)cn2)C1. The monoisotopic (exact) mass is 377 g/mol. The number of aryl methyl sites for hydroxylation is 1. The summed E-state index contributed by atoms with van der Waals surface area (Å²) >= 11 is 0. The quantitative estimate of drug-likeness (QED) is 0.736. The first kappa shape index (κ1) is 18.3. The first-order valence-electron chi connectivity index (χ1n) is 9.27. The number of carbonyl (C=O) groups is 1. The van der Waals surface area contributed by atoms with Crippen LogP contribution in [-0.2, 0) is 18.3 Å². The zero-order chi connectivity index (χ0) is 19.5. The van der Waals surface area contributed by atoms with Crippen LogP contribution in [0.15, 0.2) is 54.9 Å². The Morgan fingerprint density at radius 3 is 2.86 bits per heavy atom. The van der Waals surface area contributed by atoms with Crippen molar-refractivity contribution in [2.45, 2.75) is 12.6 Å². The molecule has 7 nitrogen and oxygen atoms in total. The average Bonchev–Trinajstić information content (AvgIpc) is 3.13. The molecule has 28 heavy (non-hydrogen) atoms. The van der Waals surface area contributed by atoms with Crippen molar-refractivity contribution >= 4 is 5.91 Å². The highest BCUT2D eigenvalue weighted by atomic mass is 16.5. The van der Waals surface area contributed by atoms with E-state index in [0.717, 1.165) is 36.5 Å². The molecule has 1 aromatic carbocycles. The van der Waals surface area contributed by atoms with E-state index in [1.807, 2.05) is 54.5 Å². The van der Waals surface area contributed by atoms with Crippen LogP contribution in [0.3, 0.4) is 0 Å². The standard InChI is InChI=1S/C21H23N5O2/c1-25-18(7-8-24-25)13-26-9-10-28-20(14-26)19-6-5-17(12-23-19)15-3-2-4-16(11-15)21(22)27/h2-8,11-12,20H,9-10,13-14H2,1H3,(H2,22,27). The fourth-order valence-electron chi connectivity index (χ4n) is 3.43. The number of benzene rings is 1. The van der Waals surface area contributed by atoms with Gasteiger partial charge in [0.1, 0.15) is 6.10 Å². The predicted molar refractivity (Wildman–Crippen MR) is 105 cm³/mol. The molecule has 0 aliphatic carbocycles. The highest BCUT2D eigenvalue weighted by Gasteiger charge is 2.23. The number of hydrogen-bond acceptors (Lipinski definition) is 5. The summed E-state index contributed by atoms with van der Waals surface area (Å²) in [7, 11) is 1.96. The second-order valence-corrected chi connectivity index (χ2v) is 6.96. The summed E-state index contributed by atoms with van der Waals surface area (Å²) in [6.45, 7) is 3.19. The van der Waals surface area contributed by atoms with Crippen molar-refractivity contribution in [2.24, 2.45) is 12.8 Å². The molecule has 0 bridgehead atoms. The van der Waals surface area contributed by atoms with E-state index in [9.17, 15) is 4.79 Å². The Morgan fingerprint density at radius 1 is 1.25 bits per heavy atom. The van der Waals surface area contributed by atoms with Crippen molar-refractivity contribution in [1.29, 1.82) is 0 Å². The number of hydrogen-bond donors (Lipinski definition) is 1. The van der Waals surface area contributed by atoms with Crippen molar-refractivity contribution in [3.63, 3.8) is 0 Å². The number of amides is 1. The zero-order valence-electron chi connectivity index (χ0n) is 15.8. The van der Waals surface area contributed by atoms with Crippen LogP contribution in [0.25, 0.3) is 11.1 Å². The molecule has 0 radical (unpaired) electrons. The van der Waals surface area contributed by atoms with Crippen LogP contribution in [0.2, 0.25) is 0 Å². The van der Waals surface area contributed by atoms with E-state index in [-0.39, 0.29) is 6.10 Å². The largest absolute Gasteiger partial charge is 0.369 e. The summed E-state index contributed by atoms with van der Waals surface area (Å²) < 4.78 is 7.85. The van der Waals surface area contributed by atoms with Gasteiger partial charge in [-0.3, -0.25) is 19.4 Å². The molecule has 7 heteroatoms. The van der Waals surface area contributed by atoms with Gasteiger partial charge < -0.3 is 10.5 Å². The Labute approximate surface area is 163 Å². The smallest absolute Gasteiger partial charge is 0.248 e. The van der Waals surface area contributed by atoms with Gasteiger partial charge in [-0.1, -0.05) is 18.2 Å². The van der Waals surface area contributed by atoms with Crippen molar-refractivity contribution in [2.75, 3.05) is 19.7 Å². The third kappa shape index (κ3) is 3.95. The molecule has 1 fully saturated rings. The molecular formula is C21H23N5O2. The lowest BCUT2D eigenvalue weighted by Gasteiger charge is -2.32. The van der Waals surface area contributed by atoms with Gasteiger partial charge in [-0.2, -0.15) is 5.10 Å². The van der Waals surface area contributed by atoms with Gasteiger partial charge in [-0.05, 0) is 29.8 Å². The maximum absolute atomic E-state index is 11.4. The fraction of sp³-hybridized carbons (Fsp3) is 0.286. The van der Waals surface area contributed by atoms with Crippen LogP contribution >= 0.6 is 0 Å². The highest BCUT2D eigenvalue weighted by Crippen LogP contribution is 2.25. The lowest BCUT2D eigenvalue weighted by Crippen LogP contribution is -2.38. The number of primary amides is 1. The van der Waals surface area contributed by atoms with E-state index in [1.165, 1.54) is 5.69 Å². The van der Waals surface area contributed by atoms with Gasteiger partial charge >= 0.3 is 0 Å². The molecule has 1 aliphatic heterocycles. The fourth-order valence-corrected chi connectivity index (χ4v) is 3.43. The molecule has 4 rings (SSSR count). The normalized spacial score (nSPS) is 17.5. The number of carbonyl (C=O) groups excluding carboxylic acids is 1. The van der Waals surface area contributed by atoms with E-state index in [1.54, 1.807) is 12.1 Å². The number of morpholine rings is 1. The number of nitrogens with two attached hydrogens (primary N) is 1. The first-order chi connectivity index (χ1) is 13.6. The van der Waals surface area contributed by atoms with Gasteiger partial charge in [-0.25, -0.2) is 0 Å². The van der Waals surface area contributed by atoms with Crippen LogP contribution < -0.4 is 5.73 Å². The summed E-state index contributed by atoms with van der Waals surface area (Å²) in [5, 5.41) is 4.23. The van der Waals surface area contributed by atoms with Gasteiger partial charge in [0.25, 0.3) is 0 Å². The number of nitrogens with zero attached hydrogens (tertiary/aromatic N) is 4. The third-order valence-electron chi connectivity index (χ3n) is 5.06. The number of pyridine rings is 1. The van der Waals surface area contributed by atoms with Gasteiger partial charge in [0.15, 0.2) is 0 Å². The summed E-state index contributed by atoms with van der Waals surface area (Å²) in [5.41, 5.74) is 9.80. The van der Waals surface area contributed by atoms with Gasteiger partial charge in [0.05, 0.1) is 18.0 Å². The van der Waals surface area contributed by atoms with Crippen LogP contribution in [-0.4, -0.2) is 45.3 Å². The molecule has 3 aromatic rings. The Morgan fingerprint density at radius 2 is 2.14 bits per heavy atom. The molecule has 0 spiro atoms. The number of aromatic nitrogens is 3. The Bertz CT molecular complexity index is 967. The molecule has 144 valence electrons. The number of rotatable bonds is 5. The van der Waals surface area contributed by atoms with Crippen molar-refractivity contribution < 1.29 is 9.53 Å². The van der Waals surface area contributed by atoms with Crippen LogP contribution in [0, 0.1) is 0 Å². The zero-order valence-corrected chi connectivity index (χ0v) is 15.8. The molecule has 2 N–H and O–H groups in total. The van der Waals surface area contributed by atoms with E-state index in [4.69, 9.17) is 10.5 Å². The van der Waals surface area contributed by atoms with Gasteiger partial charge in [-0.15, -0.1) is 0 Å². The molecule has 1 aliphatic rings. The minimum Gasteiger partial charge on any atom is -0.369 e. The Kier molecular flexibility index (Phi) is 5.18. The minimum absolute atomic E-state index is 0.0621. The number of ether oxygens (including phenoxy) is 1. The maximum atomic E-state index is 11.4. The van der Waals surface area contributed by atoms with Crippen molar-refractivity contribution in [1.82, 2.24) is 19.7 Å². The molecule has 1 unspecified atom stereocenters. The molecule has 1 atom stereocenters. The van der Waals surface area contributed by atoms with Crippen LogP contribution in [0.1, 0.15) is 27.8 Å². The summed E-state index contributed by atoms with van der Waals surface area (Å²) in [6.07, 6.45) is 3.58. The molecule has 3 heterocycles. The molecular weight excluding hydrogens is 354 g/mol. The second kappa shape index (κ2) is 7.92. The van der Waals surface area contributed by atoms with E-state index in [0.29, 0.717) is 12.2 Å². The molecule has 2 aromatic heterocycles. The van der Waals surface area contributed by atoms with E-state index >= 15 is 0 Å². The van der Waals surface area contributed by atoms with Crippen LogP contribution in [0.4, 0.5) is 0 Å². The minimum atomic E-state index is -0.435. The van der Waals surface area contributed by atoms with Crippen LogP contribution in [0.5, 0.6) is 0 Å². The van der Waals surface area contributed by atoms with Gasteiger partial charge in [0.2, 0.25) is 5.91 Å². The van der Waals surface area contributed by atoms with E-state index < -0.39 is 5.91 Å². The summed E-state index contributed by atoms with van der Waals surface area (Å²) in [4.78, 5) is 18.4. The maximum Gasteiger partial charge on any atom is 0.248 e. The summed E-state index contributed by atoms with van der Waals surface area (Å²) in [6, 6.07) is 13.3. The second-order valence-electron chi connectivity index (χ2n) is 6.96. The van der Waals surface area contributed by atoms with Gasteiger partial charge in [0, 0.05) is 50.2 Å². The molecule has 1 amide bonds. The van der Waals surface area contributed by atoms with Crippen molar-refractivity contribution in [3.8, 4) is 11.1 Å². The Hall–Kier alpha value is -3.03. The van der Waals surface area contributed by atoms with Crippen molar-refractivity contribution in [3.05, 3.63) is 71.8 Å². The average molecular weight is 377 g/mol. The Balaban J connectivity index is 1.47. The highest BCUT2D eigenvalue weighted by molar-refractivity contribution is 5.94. The van der Waals surface area contributed by atoms with E-state index in [2.05, 4.69) is 15.0 Å². The predicted octanol–water partition coefficient (Wildman–Crippen LogP) is 2.15. The third-order valence-corrected chi connectivity index (χ3v) is 5.06. The molecule has 0 saturated carbocycles. The lowest BCUT2D eigenvalue weighted by atomic mass is 10.0. The topological polar surface area (TPSA) is 86.3 Å². The molecule has 1 saturated heterocycles. The lowest BCUT2D eigenvalue weighted by molar-refractivity contribution is -0.0356.